The van der Waals surface area contributed by atoms with Crippen molar-refractivity contribution < 1.29 is 13.9 Å². The Morgan fingerprint density at radius 1 is 1.00 bits per heavy atom. The van der Waals surface area contributed by atoms with E-state index in [2.05, 4.69) is 11.8 Å². The monoisotopic (exact) mass is 474 g/mol. The van der Waals surface area contributed by atoms with Gasteiger partial charge in [-0.1, -0.05) is 59.6 Å². The van der Waals surface area contributed by atoms with Gasteiger partial charge in [0, 0.05) is 42.5 Å². The number of halogens is 3. The van der Waals surface area contributed by atoms with Gasteiger partial charge >= 0.3 is 0 Å². The molecule has 7 heteroatoms. The lowest BCUT2D eigenvalue weighted by Gasteiger charge is -2.44. The molecule has 2 atom stereocenters. The molecular formula is C25H25Cl2FN2O2. The zero-order valence-corrected chi connectivity index (χ0v) is 19.5. The first kappa shape index (κ1) is 22.8. The number of amides is 1. The van der Waals surface area contributed by atoms with Gasteiger partial charge < -0.3 is 9.64 Å². The van der Waals surface area contributed by atoms with Crippen molar-refractivity contribution in [3.8, 4) is 5.75 Å². The smallest absolute Gasteiger partial charge is 0.260 e. The number of hydrogen-bond donors (Lipinski definition) is 0. The largest absolute Gasteiger partial charge is 0.482 e. The van der Waals surface area contributed by atoms with E-state index in [0.29, 0.717) is 22.3 Å². The highest BCUT2D eigenvalue weighted by molar-refractivity contribution is 6.39. The standard InChI is InChI=1S/C25H25Cl2FN2O2/c1-16-13-30(17(2)12-29(16)14-18-7-9-19(28)10-8-18)24(31)15-32-25-21-6-4-3-5-20(21)22(26)11-23(25)27/h3-11,16-17H,12-15H2,1-2H3/t16-,17+/m0/s1. The van der Waals surface area contributed by atoms with Gasteiger partial charge in [-0.25, -0.2) is 4.39 Å². The van der Waals surface area contributed by atoms with Crippen LogP contribution in [0.4, 0.5) is 4.39 Å². The van der Waals surface area contributed by atoms with Crippen LogP contribution in [-0.4, -0.2) is 47.5 Å². The molecule has 0 saturated carbocycles. The van der Waals surface area contributed by atoms with Crippen molar-refractivity contribution in [1.82, 2.24) is 9.80 Å². The first-order valence-electron chi connectivity index (χ1n) is 10.6. The van der Waals surface area contributed by atoms with E-state index >= 15 is 0 Å². The van der Waals surface area contributed by atoms with Gasteiger partial charge in [-0.05, 0) is 37.6 Å². The van der Waals surface area contributed by atoms with Crippen LogP contribution in [0.1, 0.15) is 19.4 Å². The van der Waals surface area contributed by atoms with Gasteiger partial charge in [0.25, 0.3) is 5.91 Å². The molecule has 1 aliphatic heterocycles. The van der Waals surface area contributed by atoms with Crippen molar-refractivity contribution in [1.29, 1.82) is 0 Å². The minimum Gasteiger partial charge on any atom is -0.482 e. The van der Waals surface area contributed by atoms with E-state index in [4.69, 9.17) is 27.9 Å². The summed E-state index contributed by atoms with van der Waals surface area (Å²) in [6, 6.07) is 16.0. The maximum atomic E-state index is 13.2. The van der Waals surface area contributed by atoms with E-state index in [1.165, 1.54) is 12.1 Å². The van der Waals surface area contributed by atoms with Crippen LogP contribution in [0.25, 0.3) is 10.8 Å². The number of nitrogens with zero attached hydrogens (tertiary/aromatic N) is 2. The summed E-state index contributed by atoms with van der Waals surface area (Å²) < 4.78 is 19.1. The fourth-order valence-corrected chi connectivity index (χ4v) is 4.82. The van der Waals surface area contributed by atoms with E-state index in [1.54, 1.807) is 18.2 Å². The van der Waals surface area contributed by atoms with Gasteiger partial charge in [0.2, 0.25) is 0 Å². The fourth-order valence-electron chi connectivity index (χ4n) is 4.23. The topological polar surface area (TPSA) is 32.8 Å². The van der Waals surface area contributed by atoms with Gasteiger partial charge in [-0.3, -0.25) is 9.69 Å². The molecule has 1 aliphatic rings. The zero-order valence-electron chi connectivity index (χ0n) is 18.0. The van der Waals surface area contributed by atoms with Crippen molar-refractivity contribution in [2.45, 2.75) is 32.5 Å². The number of fused-ring (bicyclic) bond motifs is 1. The second-order valence-electron chi connectivity index (χ2n) is 8.30. The number of hydrogen-bond acceptors (Lipinski definition) is 3. The number of piperazine rings is 1. The van der Waals surface area contributed by atoms with E-state index in [1.807, 2.05) is 36.1 Å². The Hall–Kier alpha value is -2.34. The number of ether oxygens (including phenoxy) is 1. The van der Waals surface area contributed by atoms with Crippen LogP contribution in [0, 0.1) is 5.82 Å². The lowest BCUT2D eigenvalue weighted by molar-refractivity contribution is -0.139. The Kier molecular flexibility index (Phi) is 6.89. The summed E-state index contributed by atoms with van der Waals surface area (Å²) in [6.07, 6.45) is 0. The Morgan fingerprint density at radius 2 is 1.69 bits per heavy atom. The number of carbonyl (C=O) groups excluding carboxylic acids is 1. The van der Waals surface area contributed by atoms with Crippen molar-refractivity contribution in [2.24, 2.45) is 0 Å². The van der Waals surface area contributed by atoms with Crippen molar-refractivity contribution in [3.05, 3.63) is 76.0 Å². The average molecular weight is 475 g/mol. The minimum atomic E-state index is -0.237. The maximum absolute atomic E-state index is 13.2. The third kappa shape index (κ3) is 4.85. The molecule has 0 radical (unpaired) electrons. The summed E-state index contributed by atoms with van der Waals surface area (Å²) in [5.74, 6) is 0.149. The molecule has 3 aromatic rings. The summed E-state index contributed by atoms with van der Waals surface area (Å²) in [5, 5.41) is 2.54. The molecule has 1 saturated heterocycles. The van der Waals surface area contributed by atoms with Crippen molar-refractivity contribution >= 4 is 39.9 Å². The summed E-state index contributed by atoms with van der Waals surface area (Å²) in [4.78, 5) is 17.2. The van der Waals surface area contributed by atoms with Crippen LogP contribution in [-0.2, 0) is 11.3 Å². The Bertz CT molecular complexity index is 1120. The van der Waals surface area contributed by atoms with Crippen LogP contribution in [0.5, 0.6) is 5.75 Å². The van der Waals surface area contributed by atoms with E-state index in [0.717, 1.165) is 29.4 Å². The SMILES string of the molecule is C[C@@H]1CN(Cc2ccc(F)cc2)[C@@H](C)CN1C(=O)COc1c(Cl)cc(Cl)c2ccccc12. The molecular weight excluding hydrogens is 450 g/mol. The summed E-state index contributed by atoms with van der Waals surface area (Å²) in [5.41, 5.74) is 1.05. The van der Waals surface area contributed by atoms with E-state index < -0.39 is 0 Å². The number of rotatable bonds is 5. The Balaban J connectivity index is 1.41. The van der Waals surface area contributed by atoms with Crippen LogP contribution >= 0.6 is 23.2 Å². The highest BCUT2D eigenvalue weighted by Crippen LogP contribution is 2.38. The molecule has 32 heavy (non-hydrogen) atoms. The second kappa shape index (κ2) is 9.65. The van der Waals surface area contributed by atoms with E-state index in [-0.39, 0.29) is 30.4 Å². The lowest BCUT2D eigenvalue weighted by Crippen LogP contribution is -2.58. The molecule has 0 aliphatic carbocycles. The molecule has 168 valence electrons. The van der Waals surface area contributed by atoms with Gasteiger partial charge in [0.05, 0.1) is 10.0 Å². The van der Waals surface area contributed by atoms with Gasteiger partial charge in [0.15, 0.2) is 6.61 Å². The predicted octanol–water partition coefficient (Wildman–Crippen LogP) is 5.79. The molecule has 1 amide bonds. The Labute approximate surface area is 197 Å². The third-order valence-electron chi connectivity index (χ3n) is 5.97. The molecule has 0 unspecified atom stereocenters. The van der Waals surface area contributed by atoms with Crippen LogP contribution in [0.15, 0.2) is 54.6 Å². The van der Waals surface area contributed by atoms with Gasteiger partial charge in [-0.15, -0.1) is 0 Å². The Morgan fingerprint density at radius 3 is 2.41 bits per heavy atom. The molecule has 0 spiro atoms. The first-order valence-corrected chi connectivity index (χ1v) is 11.4. The van der Waals surface area contributed by atoms with Crippen molar-refractivity contribution in [3.63, 3.8) is 0 Å². The maximum Gasteiger partial charge on any atom is 0.260 e. The zero-order chi connectivity index (χ0) is 22.8. The van der Waals surface area contributed by atoms with Crippen LogP contribution in [0.2, 0.25) is 10.0 Å². The highest BCUT2D eigenvalue weighted by Gasteiger charge is 2.32. The molecule has 3 aromatic carbocycles. The molecule has 1 fully saturated rings. The minimum absolute atomic E-state index is 0.0279. The lowest BCUT2D eigenvalue weighted by atomic mass is 10.1. The van der Waals surface area contributed by atoms with Crippen LogP contribution in [0.3, 0.4) is 0 Å². The van der Waals surface area contributed by atoms with Gasteiger partial charge in [0.1, 0.15) is 11.6 Å². The summed E-state index contributed by atoms with van der Waals surface area (Å²) in [7, 11) is 0. The summed E-state index contributed by atoms with van der Waals surface area (Å²) >= 11 is 12.7. The van der Waals surface area contributed by atoms with E-state index in [9.17, 15) is 9.18 Å². The van der Waals surface area contributed by atoms with Gasteiger partial charge in [-0.2, -0.15) is 0 Å². The molecule has 4 rings (SSSR count). The normalized spacial score (nSPS) is 19.3. The fraction of sp³-hybridized carbons (Fsp3) is 0.320. The predicted molar refractivity (Wildman–Crippen MR) is 127 cm³/mol. The molecule has 0 N–H and O–H groups in total. The molecule has 4 nitrogen and oxygen atoms in total. The number of carbonyl (C=O) groups is 1. The highest BCUT2D eigenvalue weighted by atomic mass is 35.5. The number of benzene rings is 3. The summed E-state index contributed by atoms with van der Waals surface area (Å²) in [6.45, 7) is 6.08. The van der Waals surface area contributed by atoms with Crippen molar-refractivity contribution in [2.75, 3.05) is 19.7 Å². The average Bonchev–Trinajstić information content (AvgIpc) is 2.77. The first-order chi connectivity index (χ1) is 15.3. The molecule has 1 heterocycles. The van der Waals surface area contributed by atoms with Crippen LogP contribution < -0.4 is 4.74 Å². The second-order valence-corrected chi connectivity index (χ2v) is 9.12. The quantitative estimate of drug-likeness (QED) is 0.469. The molecule has 0 bridgehead atoms. The molecule has 0 aromatic heterocycles. The third-order valence-corrected chi connectivity index (χ3v) is 6.57.